The molecule has 0 saturated heterocycles. The van der Waals surface area contributed by atoms with Crippen LogP contribution in [0.25, 0.3) is 76.8 Å². The van der Waals surface area contributed by atoms with Gasteiger partial charge in [-0.15, -0.1) is 0 Å². The van der Waals surface area contributed by atoms with Gasteiger partial charge in [-0.25, -0.2) is 0 Å². The van der Waals surface area contributed by atoms with Crippen molar-refractivity contribution in [2.24, 2.45) is 0 Å². The van der Waals surface area contributed by atoms with Crippen LogP contribution in [0.15, 0.2) is 200 Å². The summed E-state index contributed by atoms with van der Waals surface area (Å²) >= 11 is 0. The van der Waals surface area contributed by atoms with Gasteiger partial charge in [-0.3, -0.25) is 0 Å². The average Bonchev–Trinajstić information content (AvgIpc) is 3.25. The number of para-hydroxylation sites is 1. The van der Waals surface area contributed by atoms with E-state index in [1.54, 1.807) is 0 Å². The van der Waals surface area contributed by atoms with E-state index in [-0.39, 0.29) is 6.71 Å². The van der Waals surface area contributed by atoms with Gasteiger partial charge in [0.2, 0.25) is 0 Å². The first kappa shape index (κ1) is 30.7. The van der Waals surface area contributed by atoms with Crippen LogP contribution in [0.4, 0.5) is 0 Å². The van der Waals surface area contributed by atoms with Gasteiger partial charge in [-0.1, -0.05) is 194 Å². The fourth-order valence-electron chi connectivity index (χ4n) is 9.11. The average molecular weight is 685 g/mol. The molecular weight excluding hydrogens is 651 g/mol. The molecule has 10 aromatic rings. The van der Waals surface area contributed by atoms with Crippen LogP contribution in [-0.2, 0) is 0 Å². The first-order chi connectivity index (χ1) is 26.8. The maximum absolute atomic E-state index is 7.25. The fraction of sp³-hybridized carbons (Fsp3) is 0. The van der Waals surface area contributed by atoms with E-state index >= 15 is 0 Å². The van der Waals surface area contributed by atoms with Crippen molar-refractivity contribution in [1.82, 2.24) is 0 Å². The number of ether oxygens (including phenoxy) is 1. The van der Waals surface area contributed by atoms with Crippen molar-refractivity contribution in [2.45, 2.75) is 0 Å². The lowest BCUT2D eigenvalue weighted by atomic mass is 9.33. The van der Waals surface area contributed by atoms with Crippen LogP contribution in [0.2, 0.25) is 0 Å². The normalized spacial score (nSPS) is 12.2. The zero-order valence-electron chi connectivity index (χ0n) is 29.5. The monoisotopic (exact) mass is 684 g/mol. The van der Waals surface area contributed by atoms with Gasteiger partial charge in [0.25, 0.3) is 6.71 Å². The molecule has 11 rings (SSSR count). The lowest BCUT2D eigenvalue weighted by Gasteiger charge is -2.33. The second-order valence-corrected chi connectivity index (χ2v) is 14.3. The summed E-state index contributed by atoms with van der Waals surface area (Å²) in [5.74, 6) is 1.84. The first-order valence-electron chi connectivity index (χ1n) is 18.7. The molecule has 0 bridgehead atoms. The molecule has 0 amide bonds. The molecular formula is C52H33BO. The van der Waals surface area contributed by atoms with Crippen molar-refractivity contribution in [2.75, 3.05) is 0 Å². The van der Waals surface area contributed by atoms with Crippen LogP contribution in [0, 0.1) is 0 Å². The van der Waals surface area contributed by atoms with E-state index in [0.717, 1.165) is 16.9 Å². The van der Waals surface area contributed by atoms with Gasteiger partial charge in [-0.2, -0.15) is 0 Å². The summed E-state index contributed by atoms with van der Waals surface area (Å²) in [6.45, 7) is -0.131. The Morgan fingerprint density at radius 3 is 1.50 bits per heavy atom. The van der Waals surface area contributed by atoms with E-state index in [2.05, 4.69) is 200 Å². The van der Waals surface area contributed by atoms with Crippen molar-refractivity contribution in [3.63, 3.8) is 0 Å². The third-order valence-electron chi connectivity index (χ3n) is 11.4. The summed E-state index contributed by atoms with van der Waals surface area (Å²) in [7, 11) is 0. The molecule has 2 heteroatoms. The van der Waals surface area contributed by atoms with Gasteiger partial charge in [-0.05, 0) is 89.1 Å². The van der Waals surface area contributed by atoms with Crippen molar-refractivity contribution >= 4 is 55.4 Å². The predicted molar refractivity (Wildman–Crippen MR) is 230 cm³/mol. The smallest absolute Gasteiger partial charge is 0.253 e. The van der Waals surface area contributed by atoms with E-state index in [0.29, 0.717) is 0 Å². The molecule has 1 aliphatic heterocycles. The molecule has 0 atom stereocenters. The highest BCUT2D eigenvalue weighted by Crippen LogP contribution is 2.47. The van der Waals surface area contributed by atoms with Crippen molar-refractivity contribution in [1.29, 1.82) is 0 Å². The van der Waals surface area contributed by atoms with Crippen LogP contribution >= 0.6 is 0 Å². The Morgan fingerprint density at radius 2 is 0.852 bits per heavy atom. The lowest BCUT2D eigenvalue weighted by Crippen LogP contribution is -2.56. The van der Waals surface area contributed by atoms with E-state index in [1.165, 1.54) is 87.8 Å². The molecule has 0 fully saturated rings. The molecule has 0 unspecified atom stereocenters. The predicted octanol–water partition coefficient (Wildman–Crippen LogP) is 11.9. The molecule has 250 valence electrons. The first-order valence-corrected chi connectivity index (χ1v) is 18.7. The summed E-state index contributed by atoms with van der Waals surface area (Å²) in [5.41, 5.74) is 13.4. The lowest BCUT2D eigenvalue weighted by molar-refractivity contribution is 0.493. The van der Waals surface area contributed by atoms with Gasteiger partial charge < -0.3 is 4.74 Å². The van der Waals surface area contributed by atoms with Gasteiger partial charge in [0, 0.05) is 10.8 Å². The van der Waals surface area contributed by atoms with Gasteiger partial charge >= 0.3 is 0 Å². The van der Waals surface area contributed by atoms with Crippen molar-refractivity contribution in [3.05, 3.63) is 200 Å². The number of fused-ring (bicyclic) bond motifs is 3. The second kappa shape index (κ2) is 12.4. The number of rotatable bonds is 5. The quantitative estimate of drug-likeness (QED) is 0.130. The maximum atomic E-state index is 7.25. The number of hydrogen-bond donors (Lipinski definition) is 0. The van der Waals surface area contributed by atoms with Crippen LogP contribution in [0.5, 0.6) is 11.5 Å². The van der Waals surface area contributed by atoms with Crippen LogP contribution in [-0.4, -0.2) is 6.71 Å². The molecule has 0 spiro atoms. The summed E-state index contributed by atoms with van der Waals surface area (Å²) in [5, 5.41) is 7.39. The zero-order valence-corrected chi connectivity index (χ0v) is 29.5. The highest BCUT2D eigenvalue weighted by Gasteiger charge is 2.40. The Morgan fingerprint density at radius 1 is 0.333 bits per heavy atom. The Labute approximate surface area is 315 Å². The highest BCUT2D eigenvalue weighted by atomic mass is 16.5. The highest BCUT2D eigenvalue weighted by molar-refractivity contribution is 6.99. The van der Waals surface area contributed by atoms with Crippen LogP contribution in [0.3, 0.4) is 0 Å². The third-order valence-corrected chi connectivity index (χ3v) is 11.4. The van der Waals surface area contributed by atoms with E-state index in [1.807, 2.05) is 0 Å². The minimum absolute atomic E-state index is 0.131. The molecule has 0 N–H and O–H groups in total. The fourth-order valence-corrected chi connectivity index (χ4v) is 9.11. The number of benzene rings is 10. The minimum Gasteiger partial charge on any atom is -0.458 e. The van der Waals surface area contributed by atoms with E-state index < -0.39 is 0 Å². The molecule has 0 saturated carbocycles. The zero-order chi connectivity index (χ0) is 35.6. The Balaban J connectivity index is 1.33. The topological polar surface area (TPSA) is 9.23 Å². The van der Waals surface area contributed by atoms with Gasteiger partial charge in [0.05, 0.1) is 0 Å². The standard InChI is InChI=1S/C52H33BO/c1-5-16-34(17-6-1)39-30-28-38-29-31-43-48(37-22-11-4-12-23-37)51-52(44-33-32-42(39)47(38)49(43)44)54-46-27-14-13-26-45(46)53(51)50-40(35-18-7-2-8-19-35)24-15-25-41(50)36-20-9-3-10-21-36/h1-33H. The molecule has 0 aromatic heterocycles. The Hall–Kier alpha value is -6.90. The van der Waals surface area contributed by atoms with Crippen molar-refractivity contribution in [3.8, 4) is 56.0 Å². The van der Waals surface area contributed by atoms with E-state index in [4.69, 9.17) is 4.74 Å². The Kier molecular flexibility index (Phi) is 7.03. The molecule has 1 nitrogen and oxygen atoms in total. The molecule has 54 heavy (non-hydrogen) atoms. The number of hydrogen-bond acceptors (Lipinski definition) is 1. The minimum atomic E-state index is -0.131. The van der Waals surface area contributed by atoms with Gasteiger partial charge in [0.1, 0.15) is 11.5 Å². The third kappa shape index (κ3) is 4.67. The Bertz CT molecular complexity index is 2930. The molecule has 1 heterocycles. The van der Waals surface area contributed by atoms with Crippen LogP contribution < -0.4 is 21.1 Å². The molecule has 10 aromatic carbocycles. The summed E-state index contributed by atoms with van der Waals surface area (Å²) < 4.78 is 7.25. The van der Waals surface area contributed by atoms with E-state index in [9.17, 15) is 0 Å². The summed E-state index contributed by atoms with van der Waals surface area (Å²) in [4.78, 5) is 0. The summed E-state index contributed by atoms with van der Waals surface area (Å²) in [6.07, 6.45) is 0. The summed E-state index contributed by atoms with van der Waals surface area (Å²) in [6, 6.07) is 72.8. The second-order valence-electron chi connectivity index (χ2n) is 14.3. The SMILES string of the molecule is c1ccc(-c2cccc(-c3ccccc3)c2B2c3ccccc3Oc3c2c(-c2ccccc2)c2ccc4ccc(-c5ccccc5)c5ccc3c2c45)cc1. The molecule has 0 radical (unpaired) electrons. The largest absolute Gasteiger partial charge is 0.458 e. The molecule has 1 aliphatic rings. The maximum Gasteiger partial charge on any atom is 0.253 e. The molecule has 0 aliphatic carbocycles. The van der Waals surface area contributed by atoms with Crippen molar-refractivity contribution < 1.29 is 4.74 Å². The van der Waals surface area contributed by atoms with Crippen LogP contribution in [0.1, 0.15) is 0 Å². The van der Waals surface area contributed by atoms with Gasteiger partial charge in [0.15, 0.2) is 0 Å².